The Balaban J connectivity index is 1.87. The average molecular weight is 356 g/mol. The highest BCUT2D eigenvalue weighted by atomic mass is 35.5. The van der Waals surface area contributed by atoms with Gasteiger partial charge in [-0.3, -0.25) is 0 Å². The Morgan fingerprint density at radius 3 is 2.52 bits per heavy atom. The zero-order valence-electron chi connectivity index (χ0n) is 12.8. The second kappa shape index (κ2) is 6.59. The van der Waals surface area contributed by atoms with Crippen LogP contribution in [0.2, 0.25) is 10.0 Å². The van der Waals surface area contributed by atoms with Crippen LogP contribution in [0.1, 0.15) is 23.1 Å². The molecule has 0 saturated carbocycles. The van der Waals surface area contributed by atoms with Crippen molar-refractivity contribution < 1.29 is 9.13 Å². The maximum absolute atomic E-state index is 13.8. The van der Waals surface area contributed by atoms with Crippen LogP contribution in [-0.2, 0) is 4.74 Å². The van der Waals surface area contributed by atoms with E-state index in [2.05, 4.69) is 9.97 Å². The van der Waals surface area contributed by atoms with Crippen LogP contribution in [0.3, 0.4) is 0 Å². The SMILES string of the molecule is Cc1cc(C)nc(N2CCOC(c3cc(F)c(Cl)cc3Cl)C2)n1. The van der Waals surface area contributed by atoms with Gasteiger partial charge in [-0.05, 0) is 32.0 Å². The first-order valence-electron chi connectivity index (χ1n) is 7.27. The van der Waals surface area contributed by atoms with Crippen LogP contribution < -0.4 is 4.90 Å². The second-order valence-corrected chi connectivity index (χ2v) is 6.36. The summed E-state index contributed by atoms with van der Waals surface area (Å²) in [5, 5.41) is 0.397. The molecular formula is C16H16Cl2FN3O. The van der Waals surface area contributed by atoms with Gasteiger partial charge in [-0.2, -0.15) is 0 Å². The van der Waals surface area contributed by atoms with Crippen molar-refractivity contribution in [2.75, 3.05) is 24.6 Å². The summed E-state index contributed by atoms with van der Waals surface area (Å²) >= 11 is 12.0. The molecule has 0 N–H and O–H groups in total. The van der Waals surface area contributed by atoms with Crippen LogP contribution in [0, 0.1) is 19.7 Å². The van der Waals surface area contributed by atoms with Crippen molar-refractivity contribution in [1.29, 1.82) is 0 Å². The van der Waals surface area contributed by atoms with E-state index in [1.165, 1.54) is 12.1 Å². The Morgan fingerprint density at radius 2 is 1.83 bits per heavy atom. The first kappa shape index (κ1) is 16.4. The first-order chi connectivity index (χ1) is 10.9. The molecule has 4 nitrogen and oxygen atoms in total. The summed E-state index contributed by atoms with van der Waals surface area (Å²) in [7, 11) is 0. The third-order valence-electron chi connectivity index (χ3n) is 3.71. The van der Waals surface area contributed by atoms with Gasteiger partial charge in [0.05, 0.1) is 18.2 Å². The monoisotopic (exact) mass is 355 g/mol. The number of aromatic nitrogens is 2. The van der Waals surface area contributed by atoms with Gasteiger partial charge in [0.25, 0.3) is 0 Å². The minimum Gasteiger partial charge on any atom is -0.370 e. The Hall–Kier alpha value is -1.43. The first-order valence-corrected chi connectivity index (χ1v) is 8.03. The fourth-order valence-electron chi connectivity index (χ4n) is 2.65. The minimum absolute atomic E-state index is 0.00376. The van der Waals surface area contributed by atoms with E-state index in [-0.39, 0.29) is 11.1 Å². The highest BCUT2D eigenvalue weighted by Gasteiger charge is 2.26. The number of ether oxygens (including phenoxy) is 1. The lowest BCUT2D eigenvalue weighted by atomic mass is 10.1. The number of rotatable bonds is 2. The summed E-state index contributed by atoms with van der Waals surface area (Å²) in [6.45, 7) is 5.53. The number of nitrogens with zero attached hydrogens (tertiary/aromatic N) is 3. The maximum atomic E-state index is 13.8. The molecular weight excluding hydrogens is 340 g/mol. The fraction of sp³-hybridized carbons (Fsp3) is 0.375. The van der Waals surface area contributed by atoms with Gasteiger partial charge in [0.2, 0.25) is 5.95 Å². The number of anilines is 1. The summed E-state index contributed by atoms with van der Waals surface area (Å²) < 4.78 is 19.5. The molecule has 0 aliphatic carbocycles. The van der Waals surface area contributed by atoms with Crippen molar-refractivity contribution in [3.8, 4) is 0 Å². The molecule has 0 radical (unpaired) electrons. The summed E-state index contributed by atoms with van der Waals surface area (Å²) in [5.41, 5.74) is 2.40. The van der Waals surface area contributed by atoms with Crippen molar-refractivity contribution in [1.82, 2.24) is 9.97 Å². The Morgan fingerprint density at radius 1 is 1.13 bits per heavy atom. The quantitative estimate of drug-likeness (QED) is 0.759. The smallest absolute Gasteiger partial charge is 0.225 e. The highest BCUT2D eigenvalue weighted by molar-refractivity contribution is 6.35. The van der Waals surface area contributed by atoms with Crippen LogP contribution in [0.15, 0.2) is 18.2 Å². The number of hydrogen-bond donors (Lipinski definition) is 0. The highest BCUT2D eigenvalue weighted by Crippen LogP contribution is 2.33. The van der Waals surface area contributed by atoms with Crippen molar-refractivity contribution in [3.63, 3.8) is 0 Å². The van der Waals surface area contributed by atoms with E-state index >= 15 is 0 Å². The molecule has 2 aromatic rings. The topological polar surface area (TPSA) is 38.2 Å². The van der Waals surface area contributed by atoms with Gasteiger partial charge in [-0.25, -0.2) is 14.4 Å². The van der Waals surface area contributed by atoms with Gasteiger partial charge in [0.15, 0.2) is 0 Å². The minimum atomic E-state index is -0.505. The molecule has 1 saturated heterocycles. The van der Waals surface area contributed by atoms with E-state index in [0.29, 0.717) is 36.2 Å². The van der Waals surface area contributed by atoms with Crippen LogP contribution in [0.4, 0.5) is 10.3 Å². The van der Waals surface area contributed by atoms with E-state index in [1.54, 1.807) is 0 Å². The van der Waals surface area contributed by atoms with E-state index < -0.39 is 5.82 Å². The van der Waals surface area contributed by atoms with Crippen LogP contribution in [0.25, 0.3) is 0 Å². The average Bonchev–Trinajstić information content (AvgIpc) is 2.50. The van der Waals surface area contributed by atoms with Gasteiger partial charge in [0, 0.05) is 28.5 Å². The molecule has 1 aromatic heterocycles. The summed E-state index contributed by atoms with van der Waals surface area (Å²) in [6.07, 6.45) is -0.354. The van der Waals surface area contributed by atoms with Crippen LogP contribution >= 0.6 is 23.2 Å². The predicted octanol–water partition coefficient (Wildman–Crippen LogP) is 4.12. The van der Waals surface area contributed by atoms with Crippen molar-refractivity contribution in [3.05, 3.63) is 51.0 Å². The van der Waals surface area contributed by atoms with Gasteiger partial charge < -0.3 is 9.64 Å². The molecule has 1 aromatic carbocycles. The summed E-state index contributed by atoms with van der Waals surface area (Å²) in [5.74, 6) is 0.149. The number of benzene rings is 1. The number of hydrogen-bond acceptors (Lipinski definition) is 4. The number of aryl methyl sites for hydroxylation is 2. The molecule has 1 unspecified atom stereocenters. The molecule has 7 heteroatoms. The third-order valence-corrected chi connectivity index (χ3v) is 4.32. The van der Waals surface area contributed by atoms with Gasteiger partial charge in [-0.15, -0.1) is 0 Å². The van der Waals surface area contributed by atoms with Crippen molar-refractivity contribution >= 4 is 29.2 Å². The Labute approximate surface area is 144 Å². The van der Waals surface area contributed by atoms with Crippen molar-refractivity contribution in [2.45, 2.75) is 20.0 Å². The van der Waals surface area contributed by atoms with Gasteiger partial charge in [-0.1, -0.05) is 23.2 Å². The molecule has 2 heterocycles. The van der Waals surface area contributed by atoms with Gasteiger partial charge >= 0.3 is 0 Å². The molecule has 1 fully saturated rings. The summed E-state index contributed by atoms with van der Waals surface area (Å²) in [6, 6.07) is 4.66. The van der Waals surface area contributed by atoms with Crippen LogP contribution in [-0.4, -0.2) is 29.7 Å². The lowest BCUT2D eigenvalue weighted by molar-refractivity contribution is 0.0391. The molecule has 0 amide bonds. The summed E-state index contributed by atoms with van der Waals surface area (Å²) in [4.78, 5) is 11.0. The lowest BCUT2D eigenvalue weighted by Crippen LogP contribution is -2.39. The lowest BCUT2D eigenvalue weighted by Gasteiger charge is -2.33. The van der Waals surface area contributed by atoms with Gasteiger partial charge in [0.1, 0.15) is 11.9 Å². The second-order valence-electron chi connectivity index (χ2n) is 5.54. The maximum Gasteiger partial charge on any atom is 0.225 e. The molecule has 0 bridgehead atoms. The Kier molecular flexibility index (Phi) is 4.71. The molecule has 122 valence electrons. The standard InChI is InChI=1S/C16H16Cl2FN3O/c1-9-5-10(2)21-16(20-9)22-3-4-23-15(8-22)11-6-14(19)13(18)7-12(11)17/h5-7,15H,3-4,8H2,1-2H3. The molecule has 3 rings (SSSR count). The van der Waals surface area contributed by atoms with E-state index in [9.17, 15) is 4.39 Å². The molecule has 1 atom stereocenters. The zero-order valence-corrected chi connectivity index (χ0v) is 14.3. The number of halogens is 3. The molecule has 1 aliphatic heterocycles. The van der Waals surface area contributed by atoms with E-state index in [4.69, 9.17) is 27.9 Å². The van der Waals surface area contributed by atoms with E-state index in [1.807, 2.05) is 24.8 Å². The normalized spacial score (nSPS) is 18.3. The van der Waals surface area contributed by atoms with Crippen molar-refractivity contribution in [2.24, 2.45) is 0 Å². The largest absolute Gasteiger partial charge is 0.370 e. The number of morpholine rings is 1. The van der Waals surface area contributed by atoms with Crippen LogP contribution in [0.5, 0.6) is 0 Å². The molecule has 23 heavy (non-hydrogen) atoms. The Bertz CT molecular complexity index is 721. The zero-order chi connectivity index (χ0) is 16.6. The van der Waals surface area contributed by atoms with E-state index in [0.717, 1.165) is 11.4 Å². The fourth-order valence-corrected chi connectivity index (χ4v) is 3.16. The predicted molar refractivity (Wildman–Crippen MR) is 88.8 cm³/mol. The molecule has 0 spiro atoms. The molecule has 1 aliphatic rings. The third kappa shape index (κ3) is 3.57.